The predicted octanol–water partition coefficient (Wildman–Crippen LogP) is 0.684. The van der Waals surface area contributed by atoms with Crippen molar-refractivity contribution in [1.82, 2.24) is 14.9 Å². The second kappa shape index (κ2) is 5.31. The first-order valence-electron chi connectivity index (χ1n) is 6.17. The van der Waals surface area contributed by atoms with Crippen molar-refractivity contribution in [3.8, 4) is 0 Å². The third kappa shape index (κ3) is 2.85. The Morgan fingerprint density at radius 3 is 2.29 bits per heavy atom. The lowest BCUT2D eigenvalue weighted by Gasteiger charge is -2.32. The van der Waals surface area contributed by atoms with Gasteiger partial charge in [-0.1, -0.05) is 0 Å². The van der Waals surface area contributed by atoms with Crippen molar-refractivity contribution >= 4 is 11.6 Å². The van der Waals surface area contributed by atoms with Crippen LogP contribution in [0.1, 0.15) is 6.92 Å². The van der Waals surface area contributed by atoms with Crippen molar-refractivity contribution in [1.29, 1.82) is 0 Å². The largest absolute Gasteiger partial charge is 0.372 e. The molecule has 1 saturated heterocycles. The standard InChI is InChI=1S/C12H21N5/c1-4-16(3)11-9-13-12(14-10-11)17-7-5-15(2)6-8-17/h9-10H,4-8H2,1-3H3. The van der Waals surface area contributed by atoms with E-state index in [1.54, 1.807) is 0 Å². The van der Waals surface area contributed by atoms with Gasteiger partial charge in [0.25, 0.3) is 0 Å². The van der Waals surface area contributed by atoms with Crippen molar-refractivity contribution < 1.29 is 0 Å². The van der Waals surface area contributed by atoms with E-state index in [4.69, 9.17) is 0 Å². The molecule has 0 N–H and O–H groups in total. The molecule has 17 heavy (non-hydrogen) atoms. The van der Waals surface area contributed by atoms with Crippen LogP contribution < -0.4 is 9.80 Å². The predicted molar refractivity (Wildman–Crippen MR) is 70.7 cm³/mol. The molecule has 1 aromatic heterocycles. The Labute approximate surface area is 103 Å². The zero-order chi connectivity index (χ0) is 12.3. The molecule has 0 bridgehead atoms. The Morgan fingerprint density at radius 1 is 1.18 bits per heavy atom. The van der Waals surface area contributed by atoms with Gasteiger partial charge < -0.3 is 14.7 Å². The van der Waals surface area contributed by atoms with Gasteiger partial charge in [-0.25, -0.2) is 9.97 Å². The minimum atomic E-state index is 0.853. The summed E-state index contributed by atoms with van der Waals surface area (Å²) >= 11 is 0. The molecule has 1 fully saturated rings. The lowest BCUT2D eigenvalue weighted by Crippen LogP contribution is -2.45. The van der Waals surface area contributed by atoms with Gasteiger partial charge in [0.15, 0.2) is 0 Å². The Morgan fingerprint density at radius 2 is 1.76 bits per heavy atom. The molecule has 1 aliphatic heterocycles. The van der Waals surface area contributed by atoms with Crippen molar-refractivity contribution in [3.05, 3.63) is 12.4 Å². The molecule has 0 unspecified atom stereocenters. The molecular weight excluding hydrogens is 214 g/mol. The van der Waals surface area contributed by atoms with Crippen LogP contribution in [-0.2, 0) is 0 Å². The summed E-state index contributed by atoms with van der Waals surface area (Å²) < 4.78 is 0. The average molecular weight is 235 g/mol. The van der Waals surface area contributed by atoms with Crippen LogP contribution in [0.4, 0.5) is 11.6 Å². The van der Waals surface area contributed by atoms with Crippen LogP contribution in [-0.4, -0.2) is 61.7 Å². The Hall–Kier alpha value is -1.36. The normalized spacial score (nSPS) is 17.2. The molecule has 5 heteroatoms. The number of aromatic nitrogens is 2. The third-order valence-corrected chi connectivity index (χ3v) is 3.33. The SMILES string of the molecule is CCN(C)c1cnc(N2CCN(C)CC2)nc1. The van der Waals surface area contributed by atoms with E-state index in [1.807, 2.05) is 19.4 Å². The maximum absolute atomic E-state index is 4.45. The molecule has 1 aromatic rings. The lowest BCUT2D eigenvalue weighted by atomic mass is 10.3. The topological polar surface area (TPSA) is 35.5 Å². The fourth-order valence-electron chi connectivity index (χ4n) is 1.86. The van der Waals surface area contributed by atoms with Crippen LogP contribution in [0, 0.1) is 0 Å². The number of rotatable bonds is 3. The number of piperazine rings is 1. The van der Waals surface area contributed by atoms with E-state index in [1.165, 1.54) is 0 Å². The van der Waals surface area contributed by atoms with Gasteiger partial charge in [0, 0.05) is 39.8 Å². The molecule has 0 atom stereocenters. The summed E-state index contributed by atoms with van der Waals surface area (Å²) in [6, 6.07) is 0. The van der Waals surface area contributed by atoms with Crippen molar-refractivity contribution in [2.75, 3.05) is 56.6 Å². The summed E-state index contributed by atoms with van der Waals surface area (Å²) in [5, 5.41) is 0. The number of hydrogen-bond donors (Lipinski definition) is 0. The van der Waals surface area contributed by atoms with Crippen LogP contribution in [0.3, 0.4) is 0 Å². The smallest absolute Gasteiger partial charge is 0.225 e. The van der Waals surface area contributed by atoms with E-state index in [-0.39, 0.29) is 0 Å². The van der Waals surface area contributed by atoms with Gasteiger partial charge >= 0.3 is 0 Å². The highest BCUT2D eigenvalue weighted by molar-refractivity contribution is 5.44. The average Bonchev–Trinajstić information content (AvgIpc) is 2.39. The van der Waals surface area contributed by atoms with E-state index in [0.717, 1.165) is 44.4 Å². The van der Waals surface area contributed by atoms with Gasteiger partial charge in [0.05, 0.1) is 18.1 Å². The molecule has 0 radical (unpaired) electrons. The van der Waals surface area contributed by atoms with E-state index >= 15 is 0 Å². The molecule has 94 valence electrons. The van der Waals surface area contributed by atoms with Crippen LogP contribution in [0.5, 0.6) is 0 Å². The molecule has 0 saturated carbocycles. The van der Waals surface area contributed by atoms with Crippen LogP contribution in [0.25, 0.3) is 0 Å². The first-order valence-corrected chi connectivity index (χ1v) is 6.17. The second-order valence-corrected chi connectivity index (χ2v) is 4.55. The highest BCUT2D eigenvalue weighted by Crippen LogP contribution is 2.14. The van der Waals surface area contributed by atoms with E-state index in [2.05, 4.69) is 38.6 Å². The molecule has 1 aliphatic rings. The monoisotopic (exact) mass is 235 g/mol. The zero-order valence-electron chi connectivity index (χ0n) is 10.9. The summed E-state index contributed by atoms with van der Waals surface area (Å²) in [6.07, 6.45) is 3.81. The Bertz CT molecular complexity index is 342. The minimum absolute atomic E-state index is 0.853. The van der Waals surface area contributed by atoms with Crippen LogP contribution >= 0.6 is 0 Å². The quantitative estimate of drug-likeness (QED) is 0.770. The maximum Gasteiger partial charge on any atom is 0.225 e. The number of anilines is 2. The molecule has 2 rings (SSSR count). The van der Waals surface area contributed by atoms with Gasteiger partial charge in [-0.05, 0) is 14.0 Å². The Kier molecular flexibility index (Phi) is 3.78. The van der Waals surface area contributed by atoms with E-state index in [9.17, 15) is 0 Å². The van der Waals surface area contributed by atoms with Crippen LogP contribution in [0.15, 0.2) is 12.4 Å². The summed E-state index contributed by atoms with van der Waals surface area (Å²) in [6.45, 7) is 7.28. The number of nitrogens with zero attached hydrogens (tertiary/aromatic N) is 5. The van der Waals surface area contributed by atoms with Crippen molar-refractivity contribution in [3.63, 3.8) is 0 Å². The van der Waals surface area contributed by atoms with Crippen molar-refractivity contribution in [2.45, 2.75) is 6.92 Å². The van der Waals surface area contributed by atoms with Crippen molar-refractivity contribution in [2.24, 2.45) is 0 Å². The number of likely N-dealkylation sites (N-methyl/N-ethyl adjacent to an activating group) is 1. The molecular formula is C12H21N5. The van der Waals surface area contributed by atoms with Gasteiger partial charge in [-0.2, -0.15) is 0 Å². The summed E-state index contributed by atoms with van der Waals surface area (Å²) in [4.78, 5) is 15.6. The minimum Gasteiger partial charge on any atom is -0.372 e. The molecule has 0 aromatic carbocycles. The zero-order valence-corrected chi connectivity index (χ0v) is 10.9. The first-order chi connectivity index (χ1) is 8.20. The van der Waals surface area contributed by atoms with Gasteiger partial charge in [-0.15, -0.1) is 0 Å². The van der Waals surface area contributed by atoms with E-state index in [0.29, 0.717) is 0 Å². The molecule has 2 heterocycles. The maximum atomic E-state index is 4.45. The lowest BCUT2D eigenvalue weighted by molar-refractivity contribution is 0.311. The van der Waals surface area contributed by atoms with E-state index < -0.39 is 0 Å². The summed E-state index contributed by atoms with van der Waals surface area (Å²) in [5.74, 6) is 0.853. The van der Waals surface area contributed by atoms with Crippen LogP contribution in [0.2, 0.25) is 0 Å². The molecule has 0 amide bonds. The number of hydrogen-bond acceptors (Lipinski definition) is 5. The highest BCUT2D eigenvalue weighted by atomic mass is 15.3. The molecule has 0 spiro atoms. The third-order valence-electron chi connectivity index (χ3n) is 3.33. The molecule has 0 aliphatic carbocycles. The first kappa shape index (κ1) is 12.1. The molecule has 5 nitrogen and oxygen atoms in total. The summed E-state index contributed by atoms with van der Waals surface area (Å²) in [7, 11) is 4.20. The highest BCUT2D eigenvalue weighted by Gasteiger charge is 2.16. The fraction of sp³-hybridized carbons (Fsp3) is 0.667. The van der Waals surface area contributed by atoms with Gasteiger partial charge in [0.1, 0.15) is 0 Å². The van der Waals surface area contributed by atoms with Gasteiger partial charge in [0.2, 0.25) is 5.95 Å². The summed E-state index contributed by atoms with van der Waals surface area (Å²) in [5.41, 5.74) is 1.07. The second-order valence-electron chi connectivity index (χ2n) is 4.55. The Balaban J connectivity index is 2.02. The van der Waals surface area contributed by atoms with Gasteiger partial charge in [-0.3, -0.25) is 0 Å². The fourth-order valence-corrected chi connectivity index (χ4v) is 1.86.